The van der Waals surface area contributed by atoms with Crippen molar-refractivity contribution in [1.29, 1.82) is 0 Å². The number of morpholine rings is 1. The number of hydrogen-bond acceptors (Lipinski definition) is 7. The quantitative estimate of drug-likeness (QED) is 0.816. The van der Waals surface area contributed by atoms with E-state index in [0.29, 0.717) is 6.54 Å². The fourth-order valence-electron chi connectivity index (χ4n) is 4.10. The molecule has 0 bridgehead atoms. The lowest BCUT2D eigenvalue weighted by molar-refractivity contribution is -0.126. The zero-order valence-corrected chi connectivity index (χ0v) is 15.8. The summed E-state index contributed by atoms with van der Waals surface area (Å²) in [5.41, 5.74) is 1.07. The molecule has 0 saturated carbocycles. The molecular weight excluding hydrogens is 346 g/mol. The first-order chi connectivity index (χ1) is 13.3. The molecule has 1 atom stereocenters. The number of amides is 1. The largest absolute Gasteiger partial charge is 0.378 e. The minimum atomic E-state index is 0.0825. The molecule has 1 N–H and O–H groups in total. The molecule has 148 valence electrons. The number of anilines is 2. The molecular formula is C19H29N5O3. The van der Waals surface area contributed by atoms with Gasteiger partial charge >= 0.3 is 0 Å². The van der Waals surface area contributed by atoms with Crippen molar-refractivity contribution in [2.75, 3.05) is 62.3 Å². The van der Waals surface area contributed by atoms with E-state index in [1.165, 1.54) is 0 Å². The molecule has 1 aromatic rings. The van der Waals surface area contributed by atoms with Crippen molar-refractivity contribution in [2.24, 2.45) is 5.92 Å². The van der Waals surface area contributed by atoms with Crippen molar-refractivity contribution in [3.63, 3.8) is 0 Å². The summed E-state index contributed by atoms with van der Waals surface area (Å²) in [5, 5.41) is 3.08. The van der Waals surface area contributed by atoms with Crippen LogP contribution in [0.25, 0.3) is 0 Å². The number of nitrogens with zero attached hydrogens (tertiary/aromatic N) is 4. The van der Waals surface area contributed by atoms with Crippen LogP contribution >= 0.6 is 0 Å². The number of ether oxygens (including phenoxy) is 2. The molecule has 3 aliphatic rings. The number of rotatable bonds is 5. The van der Waals surface area contributed by atoms with E-state index >= 15 is 0 Å². The number of nitrogens with one attached hydrogen (secondary N) is 1. The Morgan fingerprint density at radius 3 is 2.67 bits per heavy atom. The molecule has 3 aliphatic heterocycles. The third kappa shape index (κ3) is 4.50. The second-order valence-electron chi connectivity index (χ2n) is 7.47. The fourth-order valence-corrected chi connectivity index (χ4v) is 4.10. The number of carbonyl (C=O) groups excluding carboxylic acids is 1. The highest BCUT2D eigenvalue weighted by Crippen LogP contribution is 2.30. The Morgan fingerprint density at radius 2 is 1.93 bits per heavy atom. The zero-order valence-electron chi connectivity index (χ0n) is 15.8. The highest BCUT2D eigenvalue weighted by molar-refractivity contribution is 5.79. The molecule has 4 rings (SSSR count). The van der Waals surface area contributed by atoms with Crippen molar-refractivity contribution in [3.8, 4) is 0 Å². The fraction of sp³-hybridized carbons (Fsp3) is 0.737. The molecule has 1 amide bonds. The average Bonchev–Trinajstić information content (AvgIpc) is 3.26. The number of piperidine rings is 1. The van der Waals surface area contributed by atoms with Crippen molar-refractivity contribution in [2.45, 2.75) is 31.8 Å². The Morgan fingerprint density at radius 1 is 1.11 bits per heavy atom. The van der Waals surface area contributed by atoms with Crippen LogP contribution in [0.1, 0.15) is 25.7 Å². The van der Waals surface area contributed by atoms with Crippen molar-refractivity contribution >= 4 is 17.4 Å². The molecule has 0 aliphatic carbocycles. The van der Waals surface area contributed by atoms with Crippen molar-refractivity contribution in [3.05, 3.63) is 12.5 Å². The van der Waals surface area contributed by atoms with Crippen LogP contribution in [0.2, 0.25) is 0 Å². The lowest BCUT2D eigenvalue weighted by Gasteiger charge is -2.36. The second-order valence-corrected chi connectivity index (χ2v) is 7.47. The predicted molar refractivity (Wildman–Crippen MR) is 102 cm³/mol. The number of hydrogen-bond donors (Lipinski definition) is 1. The summed E-state index contributed by atoms with van der Waals surface area (Å²) in [6.07, 6.45) is 7.57. The minimum Gasteiger partial charge on any atom is -0.378 e. The second kappa shape index (κ2) is 8.84. The Hall–Kier alpha value is -1.93. The van der Waals surface area contributed by atoms with Gasteiger partial charge < -0.3 is 24.6 Å². The highest BCUT2D eigenvalue weighted by atomic mass is 16.5. The molecule has 0 aromatic carbocycles. The van der Waals surface area contributed by atoms with Gasteiger partial charge in [0.15, 0.2) is 5.82 Å². The van der Waals surface area contributed by atoms with Gasteiger partial charge in [0, 0.05) is 45.2 Å². The van der Waals surface area contributed by atoms with Gasteiger partial charge in [-0.05, 0) is 25.7 Å². The van der Waals surface area contributed by atoms with Gasteiger partial charge in [-0.15, -0.1) is 0 Å². The Kier molecular flexibility index (Phi) is 6.03. The summed E-state index contributed by atoms with van der Waals surface area (Å²) in [7, 11) is 0. The Bertz CT molecular complexity index is 624. The van der Waals surface area contributed by atoms with Gasteiger partial charge in [0.2, 0.25) is 5.91 Å². The highest BCUT2D eigenvalue weighted by Gasteiger charge is 2.28. The summed E-state index contributed by atoms with van der Waals surface area (Å²) in [5.74, 6) is 1.23. The first kappa shape index (κ1) is 18.4. The summed E-state index contributed by atoms with van der Waals surface area (Å²) in [4.78, 5) is 25.8. The van der Waals surface area contributed by atoms with Crippen LogP contribution in [-0.2, 0) is 14.3 Å². The van der Waals surface area contributed by atoms with Gasteiger partial charge in [0.1, 0.15) is 6.33 Å². The van der Waals surface area contributed by atoms with E-state index in [1.54, 1.807) is 6.33 Å². The van der Waals surface area contributed by atoms with Gasteiger partial charge in [0.05, 0.1) is 31.2 Å². The number of carbonyl (C=O) groups is 1. The first-order valence-corrected chi connectivity index (χ1v) is 10.1. The summed E-state index contributed by atoms with van der Waals surface area (Å²) in [6, 6.07) is 0. The molecule has 0 radical (unpaired) electrons. The van der Waals surface area contributed by atoms with E-state index in [9.17, 15) is 4.79 Å². The maximum atomic E-state index is 12.5. The maximum absolute atomic E-state index is 12.5. The van der Waals surface area contributed by atoms with Gasteiger partial charge in [-0.3, -0.25) is 4.79 Å². The van der Waals surface area contributed by atoms with Gasteiger partial charge in [-0.25, -0.2) is 9.97 Å². The summed E-state index contributed by atoms with van der Waals surface area (Å²) < 4.78 is 11.0. The molecule has 8 heteroatoms. The van der Waals surface area contributed by atoms with Crippen LogP contribution in [0.5, 0.6) is 0 Å². The topological polar surface area (TPSA) is 79.8 Å². The van der Waals surface area contributed by atoms with Crippen LogP contribution in [0.3, 0.4) is 0 Å². The van der Waals surface area contributed by atoms with E-state index in [-0.39, 0.29) is 17.9 Å². The predicted octanol–water partition coefficient (Wildman–Crippen LogP) is 0.825. The lowest BCUT2D eigenvalue weighted by Crippen LogP contribution is -2.43. The van der Waals surface area contributed by atoms with Crippen LogP contribution in [0.15, 0.2) is 12.5 Å². The SMILES string of the molecule is O=C(NC[C@H]1CCCO1)C1CCN(c2cncnc2N2CCOCC2)CC1. The summed E-state index contributed by atoms with van der Waals surface area (Å²) >= 11 is 0. The zero-order chi connectivity index (χ0) is 18.5. The van der Waals surface area contributed by atoms with Crippen LogP contribution in [-0.4, -0.2) is 74.5 Å². The number of aromatic nitrogens is 2. The first-order valence-electron chi connectivity index (χ1n) is 10.1. The molecule has 1 aromatic heterocycles. The Labute approximate surface area is 160 Å². The van der Waals surface area contributed by atoms with Crippen LogP contribution in [0, 0.1) is 5.92 Å². The molecule has 3 saturated heterocycles. The van der Waals surface area contributed by atoms with E-state index in [4.69, 9.17) is 9.47 Å². The molecule has 0 spiro atoms. The smallest absolute Gasteiger partial charge is 0.223 e. The van der Waals surface area contributed by atoms with E-state index in [0.717, 1.165) is 83.2 Å². The summed E-state index contributed by atoms with van der Waals surface area (Å²) in [6.45, 7) is 6.34. The van der Waals surface area contributed by atoms with Gasteiger partial charge in [-0.1, -0.05) is 0 Å². The van der Waals surface area contributed by atoms with Crippen molar-refractivity contribution in [1.82, 2.24) is 15.3 Å². The average molecular weight is 375 g/mol. The van der Waals surface area contributed by atoms with Gasteiger partial charge in [-0.2, -0.15) is 0 Å². The Balaban J connectivity index is 1.32. The molecule has 3 fully saturated rings. The van der Waals surface area contributed by atoms with Crippen LogP contribution < -0.4 is 15.1 Å². The standard InChI is InChI=1S/C19H29N5O3/c25-19(21-12-16-2-1-9-27-16)15-3-5-23(6-4-15)17-13-20-14-22-18(17)24-7-10-26-11-8-24/h13-16H,1-12H2,(H,21,25)/t16-/m1/s1. The maximum Gasteiger partial charge on any atom is 0.223 e. The monoisotopic (exact) mass is 375 g/mol. The normalized spacial score (nSPS) is 24.2. The molecule has 27 heavy (non-hydrogen) atoms. The molecule has 4 heterocycles. The van der Waals surface area contributed by atoms with E-state index < -0.39 is 0 Å². The minimum absolute atomic E-state index is 0.0825. The lowest BCUT2D eigenvalue weighted by atomic mass is 9.95. The van der Waals surface area contributed by atoms with Crippen LogP contribution in [0.4, 0.5) is 11.5 Å². The third-order valence-electron chi connectivity index (χ3n) is 5.72. The van der Waals surface area contributed by atoms with Gasteiger partial charge in [0.25, 0.3) is 0 Å². The molecule has 0 unspecified atom stereocenters. The molecule has 8 nitrogen and oxygen atoms in total. The van der Waals surface area contributed by atoms with E-state index in [2.05, 4.69) is 25.1 Å². The van der Waals surface area contributed by atoms with Crippen molar-refractivity contribution < 1.29 is 14.3 Å². The third-order valence-corrected chi connectivity index (χ3v) is 5.72. The van der Waals surface area contributed by atoms with E-state index in [1.807, 2.05) is 6.20 Å².